The van der Waals surface area contributed by atoms with Gasteiger partial charge in [0.05, 0.1) is 30.9 Å². The molecule has 0 saturated carbocycles. The molecule has 0 saturated heterocycles. The number of hydrogen-bond donors (Lipinski definition) is 1. The number of unbranched alkanes of at least 4 members (excludes halogenated alkanes) is 1. The van der Waals surface area contributed by atoms with E-state index in [1.54, 1.807) is 13.4 Å². The lowest BCUT2D eigenvalue weighted by molar-refractivity contribution is 0.140. The molecule has 3 aromatic rings. The van der Waals surface area contributed by atoms with Crippen LogP contribution in [0.1, 0.15) is 50.2 Å². The average molecular weight is 394 g/mol. The van der Waals surface area contributed by atoms with E-state index in [0.717, 1.165) is 61.6 Å². The van der Waals surface area contributed by atoms with Crippen LogP contribution in [0.3, 0.4) is 0 Å². The molecule has 6 nitrogen and oxygen atoms in total. The molecule has 29 heavy (non-hydrogen) atoms. The Bertz CT molecular complexity index is 902. The van der Waals surface area contributed by atoms with Crippen LogP contribution in [0.25, 0.3) is 11.3 Å². The van der Waals surface area contributed by atoms with Gasteiger partial charge in [-0.2, -0.15) is 0 Å². The molecule has 3 heterocycles. The van der Waals surface area contributed by atoms with Crippen molar-refractivity contribution >= 4 is 0 Å². The lowest BCUT2D eigenvalue weighted by atomic mass is 10.0. The molecule has 154 valence electrons. The van der Waals surface area contributed by atoms with Crippen molar-refractivity contribution in [2.45, 2.75) is 51.6 Å². The number of para-hydroxylation sites is 1. The van der Waals surface area contributed by atoms with Crippen molar-refractivity contribution < 1.29 is 4.74 Å². The van der Waals surface area contributed by atoms with Crippen LogP contribution in [-0.4, -0.2) is 44.6 Å². The molecule has 6 heteroatoms. The average Bonchev–Trinajstić information content (AvgIpc) is 3.42. The molecule has 1 aromatic carbocycles. The number of benzene rings is 1. The predicted molar refractivity (Wildman–Crippen MR) is 115 cm³/mol. The number of imidazole rings is 2. The first-order valence-electron chi connectivity index (χ1n) is 10.7. The molecule has 1 N–H and O–H groups in total. The molecule has 0 unspecified atom stereocenters. The molecular weight excluding hydrogens is 362 g/mol. The normalized spacial score (nSPS) is 16.7. The first kappa shape index (κ1) is 19.7. The number of fused-ring (bicyclic) bond motifs is 1. The summed E-state index contributed by atoms with van der Waals surface area (Å²) in [7, 11) is 1.72. The highest BCUT2D eigenvalue weighted by Gasteiger charge is 2.29. The van der Waals surface area contributed by atoms with Crippen LogP contribution < -0.4 is 4.74 Å². The van der Waals surface area contributed by atoms with E-state index >= 15 is 0 Å². The second kappa shape index (κ2) is 9.27. The second-order valence-electron chi connectivity index (χ2n) is 7.74. The molecule has 2 aromatic heterocycles. The van der Waals surface area contributed by atoms with Gasteiger partial charge in [0.2, 0.25) is 0 Å². The van der Waals surface area contributed by atoms with E-state index < -0.39 is 0 Å². The molecular formula is C23H31N5O. The monoisotopic (exact) mass is 393 g/mol. The number of nitrogens with zero attached hydrogens (tertiary/aromatic N) is 4. The number of aromatic nitrogens is 4. The lowest BCUT2D eigenvalue weighted by Gasteiger charge is -2.36. The molecule has 0 radical (unpaired) electrons. The van der Waals surface area contributed by atoms with E-state index in [1.807, 2.05) is 24.4 Å². The van der Waals surface area contributed by atoms with Gasteiger partial charge in [0.1, 0.15) is 11.6 Å². The van der Waals surface area contributed by atoms with E-state index in [1.165, 1.54) is 18.7 Å². The van der Waals surface area contributed by atoms with Gasteiger partial charge >= 0.3 is 0 Å². The summed E-state index contributed by atoms with van der Waals surface area (Å²) in [6.45, 7) is 5.40. The van der Waals surface area contributed by atoms with E-state index in [-0.39, 0.29) is 0 Å². The van der Waals surface area contributed by atoms with Crippen LogP contribution in [0.5, 0.6) is 5.75 Å². The second-order valence-corrected chi connectivity index (χ2v) is 7.74. The quantitative estimate of drug-likeness (QED) is 0.583. The smallest absolute Gasteiger partial charge is 0.128 e. The van der Waals surface area contributed by atoms with Crippen molar-refractivity contribution in [3.63, 3.8) is 0 Å². The summed E-state index contributed by atoms with van der Waals surface area (Å²) in [5, 5.41) is 0. The third-order valence-corrected chi connectivity index (χ3v) is 5.82. The molecule has 0 aliphatic carbocycles. The minimum Gasteiger partial charge on any atom is -0.496 e. The number of ether oxygens (including phenoxy) is 1. The van der Waals surface area contributed by atoms with E-state index in [2.05, 4.69) is 38.6 Å². The zero-order valence-electron chi connectivity index (χ0n) is 17.5. The van der Waals surface area contributed by atoms with Crippen LogP contribution in [0.15, 0.2) is 43.0 Å². The van der Waals surface area contributed by atoms with Gasteiger partial charge in [-0.25, -0.2) is 9.97 Å². The number of aryl methyl sites for hydroxylation is 1. The zero-order chi connectivity index (χ0) is 20.1. The fourth-order valence-electron chi connectivity index (χ4n) is 4.28. The van der Waals surface area contributed by atoms with Crippen molar-refractivity contribution in [2.24, 2.45) is 0 Å². The summed E-state index contributed by atoms with van der Waals surface area (Å²) in [6, 6.07) is 8.53. The van der Waals surface area contributed by atoms with Crippen molar-refractivity contribution in [3.8, 4) is 17.0 Å². The molecule has 0 bridgehead atoms. The maximum atomic E-state index is 5.56. The van der Waals surface area contributed by atoms with Gasteiger partial charge in [-0.15, -0.1) is 0 Å². The Kier molecular flexibility index (Phi) is 6.30. The number of rotatable bonds is 9. The zero-order valence-corrected chi connectivity index (χ0v) is 17.5. The molecule has 1 aliphatic heterocycles. The van der Waals surface area contributed by atoms with Crippen LogP contribution in [-0.2, 0) is 13.0 Å². The maximum absolute atomic E-state index is 5.56. The molecule has 4 rings (SSSR count). The highest BCUT2D eigenvalue weighted by atomic mass is 16.5. The standard InChI is InChI=1S/C23H31N5O/c1-3-4-10-21-23-26-20(19-9-5-6-11-22(19)29-2)16-28(23)14-13-27(21)12-7-8-18-15-24-17-25-18/h5-6,9,11,15-17,21H,3-4,7-8,10,12-14H2,1-2H3,(H,24,25)/t21-/m0/s1. The van der Waals surface area contributed by atoms with E-state index in [9.17, 15) is 0 Å². The number of methoxy groups -OCH3 is 1. The highest BCUT2D eigenvalue weighted by Crippen LogP contribution is 2.34. The fraction of sp³-hybridized carbons (Fsp3) is 0.478. The van der Waals surface area contributed by atoms with Gasteiger partial charge in [0.25, 0.3) is 0 Å². The molecule has 1 atom stereocenters. The predicted octanol–water partition coefficient (Wildman–Crippen LogP) is 4.46. The summed E-state index contributed by atoms with van der Waals surface area (Å²) in [6.07, 6.45) is 11.7. The third kappa shape index (κ3) is 4.37. The number of nitrogens with one attached hydrogen (secondary N) is 1. The summed E-state index contributed by atoms with van der Waals surface area (Å²) in [4.78, 5) is 15.1. The maximum Gasteiger partial charge on any atom is 0.128 e. The largest absolute Gasteiger partial charge is 0.496 e. The summed E-state index contributed by atoms with van der Waals surface area (Å²) < 4.78 is 7.92. The Morgan fingerprint density at radius 1 is 1.21 bits per heavy atom. The highest BCUT2D eigenvalue weighted by molar-refractivity contribution is 5.66. The minimum absolute atomic E-state index is 0.381. The topological polar surface area (TPSA) is 59.0 Å². The molecule has 0 fully saturated rings. The van der Waals surface area contributed by atoms with Crippen LogP contribution in [0.4, 0.5) is 0 Å². The lowest BCUT2D eigenvalue weighted by Crippen LogP contribution is -2.39. The Balaban J connectivity index is 1.54. The van der Waals surface area contributed by atoms with Crippen molar-refractivity contribution in [1.29, 1.82) is 0 Å². The Labute approximate surface area is 172 Å². The van der Waals surface area contributed by atoms with Crippen molar-refractivity contribution in [3.05, 3.63) is 54.5 Å². The third-order valence-electron chi connectivity index (χ3n) is 5.82. The first-order chi connectivity index (χ1) is 14.3. The van der Waals surface area contributed by atoms with Gasteiger partial charge in [-0.3, -0.25) is 4.90 Å². The summed E-state index contributed by atoms with van der Waals surface area (Å²) in [5.74, 6) is 2.08. The minimum atomic E-state index is 0.381. The Morgan fingerprint density at radius 2 is 2.10 bits per heavy atom. The molecule has 0 amide bonds. The van der Waals surface area contributed by atoms with E-state index in [4.69, 9.17) is 9.72 Å². The Hall–Kier alpha value is -2.60. The van der Waals surface area contributed by atoms with Crippen LogP contribution in [0, 0.1) is 0 Å². The van der Waals surface area contributed by atoms with Gasteiger partial charge < -0.3 is 14.3 Å². The number of aromatic amines is 1. The van der Waals surface area contributed by atoms with Crippen molar-refractivity contribution in [2.75, 3.05) is 20.2 Å². The fourth-order valence-corrected chi connectivity index (χ4v) is 4.28. The van der Waals surface area contributed by atoms with Crippen LogP contribution >= 0.6 is 0 Å². The van der Waals surface area contributed by atoms with E-state index in [0.29, 0.717) is 6.04 Å². The van der Waals surface area contributed by atoms with Gasteiger partial charge in [-0.05, 0) is 37.9 Å². The van der Waals surface area contributed by atoms with Gasteiger partial charge in [0.15, 0.2) is 0 Å². The summed E-state index contributed by atoms with van der Waals surface area (Å²) >= 11 is 0. The van der Waals surface area contributed by atoms with Crippen molar-refractivity contribution in [1.82, 2.24) is 24.4 Å². The van der Waals surface area contributed by atoms with Crippen LogP contribution in [0.2, 0.25) is 0 Å². The number of hydrogen-bond acceptors (Lipinski definition) is 4. The molecule has 0 spiro atoms. The first-order valence-corrected chi connectivity index (χ1v) is 10.7. The summed E-state index contributed by atoms with van der Waals surface area (Å²) in [5.41, 5.74) is 3.22. The Morgan fingerprint density at radius 3 is 2.90 bits per heavy atom. The van der Waals surface area contributed by atoms with Gasteiger partial charge in [-0.1, -0.05) is 31.9 Å². The van der Waals surface area contributed by atoms with Gasteiger partial charge in [0, 0.05) is 31.0 Å². The molecule has 1 aliphatic rings. The SMILES string of the molecule is CCCC[C@H]1c2nc(-c3ccccc3OC)cn2CCN1CCCc1c[nH]cn1. The number of H-pyrrole nitrogens is 1.